The van der Waals surface area contributed by atoms with E-state index in [9.17, 15) is 19.2 Å². The highest BCUT2D eigenvalue weighted by molar-refractivity contribution is 8.06. The van der Waals surface area contributed by atoms with E-state index in [2.05, 4.69) is 15.5 Å². The maximum Gasteiger partial charge on any atom is 0.358 e. The number of nitrogens with two attached hydrogens (primary N) is 1. The minimum absolute atomic E-state index is 0.0299. The van der Waals surface area contributed by atoms with E-state index in [1.807, 2.05) is 13.8 Å². The number of esters is 2. The molecule has 17 heteroatoms. The van der Waals surface area contributed by atoms with Gasteiger partial charge in [0.25, 0.3) is 11.8 Å². The molecule has 0 radical (unpaired) electrons. The van der Waals surface area contributed by atoms with Crippen LogP contribution in [0.5, 0.6) is 0 Å². The molecule has 14 nitrogen and oxygen atoms in total. The second-order valence-corrected chi connectivity index (χ2v) is 13.9. The number of aromatic nitrogens is 1. The number of anilines is 1. The van der Waals surface area contributed by atoms with Crippen LogP contribution in [0.1, 0.15) is 40.3 Å². The van der Waals surface area contributed by atoms with Gasteiger partial charge in [0.05, 0.1) is 18.1 Å². The van der Waals surface area contributed by atoms with Gasteiger partial charge in [-0.15, -0.1) is 34.9 Å². The fraction of sp³-hybridized carbons (Fsp3) is 0.600. The fourth-order valence-corrected chi connectivity index (χ4v) is 7.20. The van der Waals surface area contributed by atoms with Gasteiger partial charge in [-0.2, -0.15) is 0 Å². The van der Waals surface area contributed by atoms with E-state index in [4.69, 9.17) is 29.5 Å². The van der Waals surface area contributed by atoms with Crippen molar-refractivity contribution in [1.82, 2.24) is 15.2 Å². The van der Waals surface area contributed by atoms with Gasteiger partial charge in [-0.3, -0.25) is 19.3 Å². The van der Waals surface area contributed by atoms with Crippen LogP contribution >= 0.6 is 34.9 Å². The van der Waals surface area contributed by atoms with Gasteiger partial charge >= 0.3 is 11.9 Å². The third-order valence-corrected chi connectivity index (χ3v) is 9.44. The van der Waals surface area contributed by atoms with E-state index >= 15 is 0 Å². The molecule has 3 atom stereocenters. The van der Waals surface area contributed by atoms with Crippen LogP contribution in [-0.4, -0.2) is 94.7 Å². The molecule has 3 N–H and O–H groups in total. The van der Waals surface area contributed by atoms with E-state index < -0.39 is 53.2 Å². The molecule has 2 saturated heterocycles. The molecule has 0 saturated carbocycles. The number of ether oxygens (including phenoxy) is 4. The maximum atomic E-state index is 13.4. The van der Waals surface area contributed by atoms with Gasteiger partial charge in [0.1, 0.15) is 29.9 Å². The number of nitrogens with zero attached hydrogens (tertiary/aromatic N) is 3. The number of thioether (sulfide) groups is 2. The molecule has 4 heterocycles. The van der Waals surface area contributed by atoms with Crippen molar-refractivity contribution in [3.63, 3.8) is 0 Å². The summed E-state index contributed by atoms with van der Waals surface area (Å²) in [6.07, 6.45) is -0.220. The summed E-state index contributed by atoms with van der Waals surface area (Å²) in [5.41, 5.74) is 4.99. The number of nitrogens with one attached hydrogen (secondary N) is 1. The molecule has 1 aromatic heterocycles. The van der Waals surface area contributed by atoms with E-state index in [1.165, 1.54) is 35.5 Å². The smallest absolute Gasteiger partial charge is 0.358 e. The van der Waals surface area contributed by atoms with Crippen molar-refractivity contribution >= 4 is 69.5 Å². The molecular formula is C25H33N5O9S3. The zero-order chi connectivity index (χ0) is 30.8. The lowest BCUT2D eigenvalue weighted by atomic mass is 9.98. The third kappa shape index (κ3) is 7.19. The number of oxime groups is 1. The van der Waals surface area contributed by atoms with Crippen molar-refractivity contribution in [3.8, 4) is 0 Å². The first-order chi connectivity index (χ1) is 19.7. The van der Waals surface area contributed by atoms with Crippen LogP contribution in [0.25, 0.3) is 0 Å². The molecule has 2 amide bonds. The average molecular weight is 644 g/mol. The average Bonchev–Trinajstić information content (AvgIpc) is 3.51. The van der Waals surface area contributed by atoms with Crippen LogP contribution in [0.3, 0.4) is 0 Å². The molecule has 0 aliphatic carbocycles. The summed E-state index contributed by atoms with van der Waals surface area (Å²) in [4.78, 5) is 62.6. The Morgan fingerprint density at radius 2 is 2.05 bits per heavy atom. The predicted molar refractivity (Wildman–Crippen MR) is 156 cm³/mol. The van der Waals surface area contributed by atoms with Gasteiger partial charge < -0.3 is 34.8 Å². The molecule has 42 heavy (non-hydrogen) atoms. The van der Waals surface area contributed by atoms with Crippen molar-refractivity contribution in [2.75, 3.05) is 37.7 Å². The second-order valence-electron chi connectivity index (χ2n) is 10.8. The maximum absolute atomic E-state index is 13.4. The van der Waals surface area contributed by atoms with Crippen LogP contribution in [0.4, 0.5) is 5.13 Å². The van der Waals surface area contributed by atoms with Gasteiger partial charge in [-0.1, -0.05) is 5.16 Å². The number of β-lactam (4-membered cyclic amide) rings is 1. The van der Waals surface area contributed by atoms with Crippen molar-refractivity contribution in [3.05, 3.63) is 21.7 Å². The van der Waals surface area contributed by atoms with Gasteiger partial charge in [0, 0.05) is 21.8 Å². The zero-order valence-electron chi connectivity index (χ0n) is 24.0. The Bertz CT molecular complexity index is 1310. The minimum Gasteiger partial charge on any atom is -0.427 e. The number of hydrogen-bond donors (Lipinski definition) is 2. The molecule has 3 aliphatic heterocycles. The van der Waals surface area contributed by atoms with Gasteiger partial charge in [0.2, 0.25) is 6.79 Å². The molecule has 0 bridgehead atoms. The summed E-state index contributed by atoms with van der Waals surface area (Å²) in [7, 11) is 1.28. The highest BCUT2D eigenvalue weighted by Gasteiger charge is 2.55. The van der Waals surface area contributed by atoms with Crippen molar-refractivity contribution in [1.29, 1.82) is 0 Å². The topological polar surface area (TPSA) is 181 Å². The highest BCUT2D eigenvalue weighted by atomic mass is 32.2. The molecule has 0 aromatic carbocycles. The van der Waals surface area contributed by atoms with E-state index in [0.717, 1.165) is 11.3 Å². The van der Waals surface area contributed by atoms with Crippen molar-refractivity contribution in [2.24, 2.45) is 10.6 Å². The first kappa shape index (κ1) is 32.1. The number of fused-ring (bicyclic) bond motifs is 1. The Balaban J connectivity index is 1.50. The first-order valence-electron chi connectivity index (χ1n) is 12.8. The van der Waals surface area contributed by atoms with Crippen LogP contribution < -0.4 is 11.1 Å². The quantitative estimate of drug-likeness (QED) is 0.124. The van der Waals surface area contributed by atoms with Gasteiger partial charge in [0.15, 0.2) is 16.6 Å². The number of nitrogen functional groups attached to an aromatic ring is 1. The summed E-state index contributed by atoms with van der Waals surface area (Å²) < 4.78 is 21.9. The predicted octanol–water partition coefficient (Wildman–Crippen LogP) is 1.66. The Labute approximate surface area is 255 Å². The third-order valence-electron chi connectivity index (χ3n) is 6.08. The molecule has 3 aliphatic rings. The Morgan fingerprint density at radius 1 is 1.31 bits per heavy atom. The zero-order valence-corrected chi connectivity index (χ0v) is 26.4. The van der Waals surface area contributed by atoms with Crippen LogP contribution in [0.2, 0.25) is 0 Å². The summed E-state index contributed by atoms with van der Waals surface area (Å²) in [6, 6.07) is -0.957. The minimum atomic E-state index is -0.957. The summed E-state index contributed by atoms with van der Waals surface area (Å²) in [6.45, 7) is 8.43. The van der Waals surface area contributed by atoms with Crippen molar-refractivity contribution in [2.45, 2.75) is 57.9 Å². The van der Waals surface area contributed by atoms with Crippen molar-refractivity contribution < 1.29 is 43.0 Å². The van der Waals surface area contributed by atoms with Crippen LogP contribution in [0.15, 0.2) is 21.1 Å². The number of thiazole rings is 1. The monoisotopic (exact) mass is 643 g/mol. The second kappa shape index (κ2) is 12.8. The fourth-order valence-electron chi connectivity index (χ4n) is 4.05. The van der Waals surface area contributed by atoms with E-state index in [-0.39, 0.29) is 28.3 Å². The lowest BCUT2D eigenvalue weighted by Crippen LogP contribution is -2.71. The lowest BCUT2D eigenvalue weighted by Gasteiger charge is -2.49. The Hall–Kier alpha value is -2.86. The number of hydrogen-bond acceptors (Lipinski definition) is 15. The summed E-state index contributed by atoms with van der Waals surface area (Å²) in [5, 5.41) is 7.60. The normalized spacial score (nSPS) is 23.7. The first-order valence-corrected chi connectivity index (χ1v) is 15.7. The Morgan fingerprint density at radius 3 is 2.64 bits per heavy atom. The molecular weight excluding hydrogens is 611 g/mol. The van der Waals surface area contributed by atoms with Crippen LogP contribution in [0, 0.1) is 5.41 Å². The highest BCUT2D eigenvalue weighted by Crippen LogP contribution is 2.44. The van der Waals surface area contributed by atoms with E-state index in [0.29, 0.717) is 23.0 Å². The van der Waals surface area contributed by atoms with Crippen LogP contribution in [-0.2, 0) is 43.0 Å². The molecule has 2 fully saturated rings. The van der Waals surface area contributed by atoms with E-state index in [1.54, 1.807) is 26.2 Å². The number of rotatable bonds is 10. The number of carbonyl (C=O) groups is 4. The van der Waals surface area contributed by atoms with Gasteiger partial charge in [-0.05, 0) is 34.6 Å². The van der Waals surface area contributed by atoms with Gasteiger partial charge in [-0.25, -0.2) is 9.78 Å². The molecule has 230 valence electrons. The molecule has 2 unspecified atom stereocenters. The Kier molecular flexibility index (Phi) is 9.76. The molecule has 1 aromatic rings. The standard InChI is InChI=1S/C25H33N5O9S3/c1-24(2,3)22(34)37-11-36-21(33)17-14(40-8-12-7-38-25(4,5)39-12)10-41-20-16(19(32)30(17)20)28-18(31)15(29-35-6)13-9-42-23(26)27-13/h9,12,16,20H,7-8,10-11H2,1-6H3,(H2,26,27)(H,28,31)/b29-15-/t12?,16?,20-/m1/s1. The number of amides is 2. The molecule has 4 rings (SSSR count). The number of carbonyl (C=O) groups excluding carboxylic acids is 4. The lowest BCUT2D eigenvalue weighted by molar-refractivity contribution is -0.173. The summed E-state index contributed by atoms with van der Waals surface area (Å²) >= 11 is 3.85. The SMILES string of the molecule is CO/N=C(\C(=O)NC1C(=O)N2C(C(=O)OCOC(=O)C(C)(C)C)=C(SCC3COC(C)(C)O3)CS[C@H]12)c1csc(N)n1. The molecule has 0 spiro atoms. The largest absolute Gasteiger partial charge is 0.427 e. The summed E-state index contributed by atoms with van der Waals surface area (Å²) in [5.74, 6) is -2.47.